The zero-order valence-electron chi connectivity index (χ0n) is 6.88. The minimum absolute atomic E-state index is 0.0420. The van der Waals surface area contributed by atoms with Gasteiger partial charge in [0, 0.05) is 5.92 Å². The van der Waals surface area contributed by atoms with Gasteiger partial charge in [-0.25, -0.2) is 0 Å². The molecule has 1 N–H and O–H groups in total. The second-order valence-electron chi connectivity index (χ2n) is 3.72. The molecule has 1 heteroatoms. The van der Waals surface area contributed by atoms with Gasteiger partial charge in [-0.05, 0) is 38.0 Å². The van der Waals surface area contributed by atoms with Gasteiger partial charge in [0.2, 0.25) is 0 Å². The van der Waals surface area contributed by atoms with Crippen molar-refractivity contribution in [3.63, 3.8) is 0 Å². The Morgan fingerprint density at radius 2 is 2.18 bits per heavy atom. The Kier molecular flexibility index (Phi) is 1.65. The van der Waals surface area contributed by atoms with Crippen LogP contribution in [-0.4, -0.2) is 11.2 Å². The van der Waals surface area contributed by atoms with Gasteiger partial charge < -0.3 is 5.11 Å². The fourth-order valence-electron chi connectivity index (χ4n) is 2.69. The van der Waals surface area contributed by atoms with Crippen LogP contribution < -0.4 is 0 Å². The predicted molar refractivity (Wildman–Crippen MR) is 43.8 cm³/mol. The van der Waals surface area contributed by atoms with Crippen LogP contribution in [0.15, 0.2) is 0 Å². The summed E-state index contributed by atoms with van der Waals surface area (Å²) in [4.78, 5) is 0. The Labute approximate surface area is 67.8 Å². The molecule has 2 fully saturated rings. The van der Waals surface area contributed by atoms with Crippen molar-refractivity contribution < 1.29 is 5.11 Å². The zero-order chi connectivity index (χ0) is 7.84. The molecule has 0 aromatic carbocycles. The largest absolute Gasteiger partial charge is 0.393 e. The van der Waals surface area contributed by atoms with Crippen molar-refractivity contribution in [1.82, 2.24) is 0 Å². The van der Waals surface area contributed by atoms with Crippen molar-refractivity contribution in [2.75, 3.05) is 0 Å². The van der Waals surface area contributed by atoms with Crippen molar-refractivity contribution in [1.29, 1.82) is 0 Å². The summed E-state index contributed by atoms with van der Waals surface area (Å²) in [6.45, 7) is 1.89. The molecule has 60 valence electrons. The van der Waals surface area contributed by atoms with Gasteiger partial charge in [0.15, 0.2) is 0 Å². The first-order chi connectivity index (χ1) is 5.33. The van der Waals surface area contributed by atoms with Crippen LogP contribution in [0.5, 0.6) is 0 Å². The van der Waals surface area contributed by atoms with E-state index < -0.39 is 0 Å². The Bertz CT molecular complexity index is 211. The summed E-state index contributed by atoms with van der Waals surface area (Å²) in [6, 6.07) is 0. The van der Waals surface area contributed by atoms with Crippen LogP contribution in [0.25, 0.3) is 0 Å². The minimum Gasteiger partial charge on any atom is -0.393 e. The molecule has 0 radical (unpaired) electrons. The SMILES string of the molecule is CC#CC1[C@@H]2CC[C@@H]1[C@@H](O)C2. The molecule has 0 aromatic rings. The number of fused-ring (bicyclic) bond motifs is 2. The Morgan fingerprint density at radius 1 is 1.36 bits per heavy atom. The molecule has 11 heavy (non-hydrogen) atoms. The molecule has 0 spiro atoms. The highest BCUT2D eigenvalue weighted by Gasteiger charge is 2.46. The lowest BCUT2D eigenvalue weighted by atomic mass is 9.97. The molecule has 1 unspecified atom stereocenters. The third-order valence-electron chi connectivity index (χ3n) is 3.19. The van der Waals surface area contributed by atoms with E-state index in [-0.39, 0.29) is 6.10 Å². The molecule has 2 rings (SSSR count). The van der Waals surface area contributed by atoms with Gasteiger partial charge in [0.05, 0.1) is 6.10 Å². The smallest absolute Gasteiger partial charge is 0.0583 e. The van der Waals surface area contributed by atoms with E-state index in [0.717, 1.165) is 6.42 Å². The van der Waals surface area contributed by atoms with Crippen LogP contribution in [0, 0.1) is 29.6 Å². The average Bonchev–Trinajstić information content (AvgIpc) is 2.46. The normalized spacial score (nSPS) is 47.1. The second-order valence-corrected chi connectivity index (χ2v) is 3.72. The Balaban J connectivity index is 2.17. The van der Waals surface area contributed by atoms with E-state index in [1.807, 2.05) is 6.92 Å². The number of hydrogen-bond donors (Lipinski definition) is 1. The first-order valence-electron chi connectivity index (χ1n) is 4.43. The maximum absolute atomic E-state index is 9.55. The highest BCUT2D eigenvalue weighted by molar-refractivity contribution is 5.13. The van der Waals surface area contributed by atoms with Gasteiger partial charge in [-0.1, -0.05) is 5.92 Å². The maximum atomic E-state index is 9.55. The number of rotatable bonds is 0. The van der Waals surface area contributed by atoms with E-state index in [4.69, 9.17) is 0 Å². The lowest BCUT2D eigenvalue weighted by Gasteiger charge is -2.14. The predicted octanol–water partition coefficient (Wildman–Crippen LogP) is 1.42. The maximum Gasteiger partial charge on any atom is 0.0583 e. The van der Waals surface area contributed by atoms with Gasteiger partial charge in [-0.15, -0.1) is 5.92 Å². The number of aliphatic hydroxyl groups excluding tert-OH is 1. The first-order valence-corrected chi connectivity index (χ1v) is 4.43. The highest BCUT2D eigenvalue weighted by Crippen LogP contribution is 2.48. The van der Waals surface area contributed by atoms with Crippen LogP contribution in [0.1, 0.15) is 26.2 Å². The third kappa shape index (κ3) is 0.973. The molecule has 0 aromatic heterocycles. The molecule has 0 amide bonds. The fourth-order valence-corrected chi connectivity index (χ4v) is 2.69. The second kappa shape index (κ2) is 2.53. The lowest BCUT2D eigenvalue weighted by molar-refractivity contribution is 0.110. The molecule has 0 heterocycles. The van der Waals surface area contributed by atoms with Crippen LogP contribution in [0.3, 0.4) is 0 Å². The first kappa shape index (κ1) is 7.18. The summed E-state index contributed by atoms with van der Waals surface area (Å²) in [7, 11) is 0. The molecule has 2 aliphatic carbocycles. The summed E-state index contributed by atoms with van der Waals surface area (Å²) in [6.07, 6.45) is 3.45. The van der Waals surface area contributed by atoms with E-state index in [2.05, 4.69) is 11.8 Å². The van der Waals surface area contributed by atoms with E-state index in [1.54, 1.807) is 0 Å². The standard InChI is InChI=1S/C10H14O/c1-2-3-8-7-4-5-9(8)10(11)6-7/h7-11H,4-6H2,1H3/t7-,8?,9+,10+/m1/s1. The van der Waals surface area contributed by atoms with Gasteiger partial charge in [0.25, 0.3) is 0 Å². The van der Waals surface area contributed by atoms with E-state index >= 15 is 0 Å². The van der Waals surface area contributed by atoms with Gasteiger partial charge >= 0.3 is 0 Å². The molecule has 0 aliphatic heterocycles. The zero-order valence-corrected chi connectivity index (χ0v) is 6.88. The summed E-state index contributed by atoms with van der Waals surface area (Å²) in [5.41, 5.74) is 0. The Hall–Kier alpha value is -0.480. The fraction of sp³-hybridized carbons (Fsp3) is 0.800. The van der Waals surface area contributed by atoms with Crippen molar-refractivity contribution in [2.45, 2.75) is 32.3 Å². The number of aliphatic hydroxyl groups is 1. The molecule has 4 atom stereocenters. The van der Waals surface area contributed by atoms with Gasteiger partial charge in [-0.3, -0.25) is 0 Å². The van der Waals surface area contributed by atoms with E-state index in [0.29, 0.717) is 17.8 Å². The molecular weight excluding hydrogens is 136 g/mol. The monoisotopic (exact) mass is 150 g/mol. The molecule has 2 aliphatic rings. The number of hydrogen-bond acceptors (Lipinski definition) is 1. The molecule has 2 saturated carbocycles. The molecular formula is C10H14O. The highest BCUT2D eigenvalue weighted by atomic mass is 16.3. The molecule has 1 nitrogen and oxygen atoms in total. The molecule has 2 bridgehead atoms. The topological polar surface area (TPSA) is 20.2 Å². The Morgan fingerprint density at radius 3 is 2.64 bits per heavy atom. The summed E-state index contributed by atoms with van der Waals surface area (Å²) < 4.78 is 0. The van der Waals surface area contributed by atoms with Gasteiger partial charge in [0.1, 0.15) is 0 Å². The molecule has 0 saturated heterocycles. The lowest BCUT2D eigenvalue weighted by Crippen LogP contribution is -2.16. The van der Waals surface area contributed by atoms with E-state index in [9.17, 15) is 5.11 Å². The third-order valence-corrected chi connectivity index (χ3v) is 3.19. The van der Waals surface area contributed by atoms with Crippen LogP contribution >= 0.6 is 0 Å². The average molecular weight is 150 g/mol. The van der Waals surface area contributed by atoms with Crippen molar-refractivity contribution in [3.8, 4) is 11.8 Å². The van der Waals surface area contributed by atoms with Crippen molar-refractivity contribution >= 4 is 0 Å². The van der Waals surface area contributed by atoms with Crippen LogP contribution in [0.2, 0.25) is 0 Å². The summed E-state index contributed by atoms with van der Waals surface area (Å²) in [5, 5.41) is 9.55. The van der Waals surface area contributed by atoms with Crippen LogP contribution in [0.4, 0.5) is 0 Å². The van der Waals surface area contributed by atoms with Crippen molar-refractivity contribution in [3.05, 3.63) is 0 Å². The quantitative estimate of drug-likeness (QED) is 0.518. The van der Waals surface area contributed by atoms with Gasteiger partial charge in [-0.2, -0.15) is 0 Å². The summed E-state index contributed by atoms with van der Waals surface area (Å²) >= 11 is 0. The van der Waals surface area contributed by atoms with Crippen molar-refractivity contribution in [2.24, 2.45) is 17.8 Å². The van der Waals surface area contributed by atoms with E-state index in [1.165, 1.54) is 12.8 Å². The minimum atomic E-state index is -0.0420. The summed E-state index contributed by atoms with van der Waals surface area (Å²) in [5.74, 6) is 7.94. The van der Waals surface area contributed by atoms with Crippen LogP contribution in [-0.2, 0) is 0 Å².